The van der Waals surface area contributed by atoms with Gasteiger partial charge in [-0.15, -0.1) is 0 Å². The number of carbonyl (C=O) groups excluding carboxylic acids is 1. The molecule has 14 heavy (non-hydrogen) atoms. The third kappa shape index (κ3) is 7.06. The van der Waals surface area contributed by atoms with Crippen LogP contribution in [-0.2, 0) is 9.53 Å². The van der Waals surface area contributed by atoms with Gasteiger partial charge in [-0.05, 0) is 5.92 Å². The molecular weight excluding hydrogens is 217 g/mol. The van der Waals surface area contributed by atoms with E-state index in [9.17, 15) is 18.0 Å². The minimum atomic E-state index is -4.39. The van der Waals surface area contributed by atoms with E-state index in [1.165, 1.54) is 0 Å². The topological polar surface area (TPSA) is 26.3 Å². The van der Waals surface area contributed by atoms with Gasteiger partial charge in [0, 0.05) is 0 Å². The Morgan fingerprint density at radius 2 is 1.93 bits per heavy atom. The van der Waals surface area contributed by atoms with Gasteiger partial charge in [0.15, 0.2) is 0 Å². The van der Waals surface area contributed by atoms with E-state index in [1.54, 1.807) is 13.8 Å². The Morgan fingerprint density at radius 1 is 1.43 bits per heavy atom. The number of ether oxygens (including phenoxy) is 1. The molecule has 0 saturated carbocycles. The van der Waals surface area contributed by atoms with E-state index in [0.29, 0.717) is 0 Å². The Balaban J connectivity index is 3.88. The Kier molecular flexibility index (Phi) is 5.33. The van der Waals surface area contributed by atoms with Crippen LogP contribution in [0.5, 0.6) is 0 Å². The summed E-state index contributed by atoms with van der Waals surface area (Å²) in [6, 6.07) is 0. The number of hydrogen-bond donors (Lipinski definition) is 1. The fraction of sp³-hybridized carbons (Fsp3) is 0.875. The van der Waals surface area contributed by atoms with Crippen LogP contribution in [-0.4, -0.2) is 24.0 Å². The molecule has 0 saturated heterocycles. The second-order valence-corrected chi connectivity index (χ2v) is 3.98. The average Bonchev–Trinajstić information content (AvgIpc) is 1.96. The molecule has 0 N–H and O–H groups in total. The average molecular weight is 230 g/mol. The van der Waals surface area contributed by atoms with Crippen molar-refractivity contribution in [3.63, 3.8) is 0 Å². The fourth-order valence-electron chi connectivity index (χ4n) is 0.648. The maximum atomic E-state index is 11.8. The molecule has 0 heterocycles. The molecule has 2 nitrogen and oxygen atoms in total. The Labute approximate surface area is 86.2 Å². The molecule has 0 aliphatic heterocycles. The molecule has 6 heteroatoms. The molecule has 0 rings (SSSR count). The smallest absolute Gasteiger partial charge is 0.390 e. The lowest BCUT2D eigenvalue weighted by atomic mass is 10.2. The summed E-state index contributed by atoms with van der Waals surface area (Å²) < 4.78 is 40.0. The van der Waals surface area contributed by atoms with Gasteiger partial charge in [-0.3, -0.25) is 4.79 Å². The van der Waals surface area contributed by atoms with E-state index >= 15 is 0 Å². The van der Waals surface area contributed by atoms with Crippen LogP contribution in [0.25, 0.3) is 0 Å². The second kappa shape index (κ2) is 5.48. The molecule has 84 valence electrons. The van der Waals surface area contributed by atoms with Gasteiger partial charge in [0.05, 0.1) is 13.0 Å². The zero-order chi connectivity index (χ0) is 11.4. The first-order valence-electron chi connectivity index (χ1n) is 4.14. The van der Waals surface area contributed by atoms with E-state index in [1.807, 2.05) is 0 Å². The Bertz CT molecular complexity index is 192. The highest BCUT2D eigenvalue weighted by Gasteiger charge is 2.34. The lowest BCUT2D eigenvalue weighted by Gasteiger charge is -2.13. The molecular formula is C8H13F3O2S. The summed E-state index contributed by atoms with van der Waals surface area (Å²) in [6.07, 6.45) is -5.64. The van der Waals surface area contributed by atoms with Crippen molar-refractivity contribution >= 4 is 18.6 Å². The molecule has 0 aromatic heterocycles. The van der Waals surface area contributed by atoms with E-state index in [0.717, 1.165) is 0 Å². The Morgan fingerprint density at radius 3 is 2.29 bits per heavy atom. The molecule has 0 spiro atoms. The number of carbonyl (C=O) groups is 1. The van der Waals surface area contributed by atoms with Crippen LogP contribution in [0.2, 0.25) is 0 Å². The van der Waals surface area contributed by atoms with Crippen molar-refractivity contribution in [3.8, 4) is 0 Å². The van der Waals surface area contributed by atoms with Crippen LogP contribution in [0, 0.1) is 5.92 Å². The van der Waals surface area contributed by atoms with Gasteiger partial charge < -0.3 is 4.74 Å². The van der Waals surface area contributed by atoms with Crippen LogP contribution in [0.3, 0.4) is 0 Å². The minimum Gasteiger partial charge on any atom is -0.465 e. The summed E-state index contributed by atoms with van der Waals surface area (Å²) in [6.45, 7) is 3.71. The third-order valence-electron chi connectivity index (χ3n) is 1.26. The van der Waals surface area contributed by atoms with Crippen molar-refractivity contribution in [2.75, 3.05) is 6.61 Å². The standard InChI is InChI=1S/C8H13F3O2S/c1-5(2)4-13-7(12)6(14)3-8(9,10)11/h5-6,14H,3-4H2,1-2H3. The SMILES string of the molecule is CC(C)COC(=O)C(S)CC(F)(F)F. The van der Waals surface area contributed by atoms with Gasteiger partial charge in [0.1, 0.15) is 5.25 Å². The van der Waals surface area contributed by atoms with Crippen LogP contribution in [0.15, 0.2) is 0 Å². The maximum Gasteiger partial charge on any atom is 0.390 e. The summed E-state index contributed by atoms with van der Waals surface area (Å²) >= 11 is 3.53. The van der Waals surface area contributed by atoms with Crippen molar-refractivity contribution in [2.24, 2.45) is 5.92 Å². The predicted octanol–water partition coefficient (Wildman–Crippen LogP) is 2.44. The number of halogens is 3. The molecule has 0 aliphatic rings. The fourth-order valence-corrected chi connectivity index (χ4v) is 0.929. The molecule has 0 aromatic carbocycles. The van der Waals surface area contributed by atoms with Gasteiger partial charge in [-0.1, -0.05) is 13.8 Å². The summed E-state index contributed by atoms with van der Waals surface area (Å²) in [7, 11) is 0. The normalized spacial score (nSPS) is 14.2. The first-order valence-corrected chi connectivity index (χ1v) is 4.65. The van der Waals surface area contributed by atoms with E-state index in [-0.39, 0.29) is 12.5 Å². The van der Waals surface area contributed by atoms with Gasteiger partial charge in [0.25, 0.3) is 0 Å². The van der Waals surface area contributed by atoms with Gasteiger partial charge in [0.2, 0.25) is 0 Å². The van der Waals surface area contributed by atoms with Gasteiger partial charge in [-0.25, -0.2) is 0 Å². The van der Waals surface area contributed by atoms with Crippen LogP contribution in [0.1, 0.15) is 20.3 Å². The predicted molar refractivity (Wildman–Crippen MR) is 49.2 cm³/mol. The quantitative estimate of drug-likeness (QED) is 0.593. The molecule has 0 aliphatic carbocycles. The third-order valence-corrected chi connectivity index (χ3v) is 1.65. The molecule has 1 atom stereocenters. The summed E-state index contributed by atoms with van der Waals surface area (Å²) in [4.78, 5) is 10.9. The van der Waals surface area contributed by atoms with Crippen LogP contribution in [0.4, 0.5) is 13.2 Å². The van der Waals surface area contributed by atoms with E-state index in [2.05, 4.69) is 17.4 Å². The second-order valence-electron chi connectivity index (χ2n) is 3.36. The molecule has 0 amide bonds. The van der Waals surface area contributed by atoms with E-state index < -0.39 is 23.8 Å². The zero-order valence-electron chi connectivity index (χ0n) is 7.97. The first kappa shape index (κ1) is 13.6. The van der Waals surface area contributed by atoms with Gasteiger partial charge in [-0.2, -0.15) is 25.8 Å². The van der Waals surface area contributed by atoms with Crippen molar-refractivity contribution in [1.29, 1.82) is 0 Å². The lowest BCUT2D eigenvalue weighted by Crippen LogP contribution is -2.26. The number of esters is 1. The first-order chi connectivity index (χ1) is 6.22. The van der Waals surface area contributed by atoms with Gasteiger partial charge >= 0.3 is 12.1 Å². The molecule has 0 bridgehead atoms. The zero-order valence-corrected chi connectivity index (χ0v) is 8.86. The summed E-state index contributed by atoms with van der Waals surface area (Å²) in [5.74, 6) is -0.815. The Hall–Kier alpha value is -0.390. The lowest BCUT2D eigenvalue weighted by molar-refractivity contribution is -0.156. The molecule has 0 fully saturated rings. The van der Waals surface area contributed by atoms with Crippen molar-refractivity contribution in [1.82, 2.24) is 0 Å². The molecule has 0 aromatic rings. The highest BCUT2D eigenvalue weighted by molar-refractivity contribution is 7.81. The highest BCUT2D eigenvalue weighted by Crippen LogP contribution is 2.24. The number of thiol groups is 1. The summed E-state index contributed by atoms with van der Waals surface area (Å²) in [5, 5.41) is -1.42. The summed E-state index contributed by atoms with van der Waals surface area (Å²) in [5.41, 5.74) is 0. The van der Waals surface area contributed by atoms with Crippen LogP contribution < -0.4 is 0 Å². The van der Waals surface area contributed by atoms with Crippen molar-refractivity contribution in [2.45, 2.75) is 31.7 Å². The number of rotatable bonds is 4. The molecule has 0 radical (unpaired) electrons. The monoisotopic (exact) mass is 230 g/mol. The van der Waals surface area contributed by atoms with Crippen molar-refractivity contribution < 1.29 is 22.7 Å². The maximum absolute atomic E-state index is 11.8. The van der Waals surface area contributed by atoms with Crippen molar-refractivity contribution in [3.05, 3.63) is 0 Å². The van der Waals surface area contributed by atoms with E-state index in [4.69, 9.17) is 0 Å². The number of alkyl halides is 3. The number of hydrogen-bond acceptors (Lipinski definition) is 3. The largest absolute Gasteiger partial charge is 0.465 e. The van der Waals surface area contributed by atoms with Crippen LogP contribution >= 0.6 is 12.6 Å². The highest BCUT2D eigenvalue weighted by atomic mass is 32.1. The molecule has 1 unspecified atom stereocenters. The minimum absolute atomic E-state index is 0.102.